The van der Waals surface area contributed by atoms with Gasteiger partial charge in [-0.2, -0.15) is 5.26 Å². The molecule has 1 aromatic carbocycles. The van der Waals surface area contributed by atoms with Gasteiger partial charge in [-0.15, -0.1) is 10.2 Å². The molecule has 0 amide bonds. The van der Waals surface area contributed by atoms with E-state index in [4.69, 9.17) is 16.9 Å². The van der Waals surface area contributed by atoms with E-state index in [1.807, 2.05) is 53.1 Å². The lowest BCUT2D eigenvalue weighted by Crippen LogP contribution is -1.99. The second-order valence-electron chi connectivity index (χ2n) is 5.41. The Balaban J connectivity index is 1.82. The van der Waals surface area contributed by atoms with Gasteiger partial charge in [0, 0.05) is 23.6 Å². The molecule has 4 aromatic rings. The molecule has 0 spiro atoms. The molecule has 27 heavy (non-hydrogen) atoms. The maximum Gasteiger partial charge on any atom is 0.202 e. The van der Waals surface area contributed by atoms with Crippen LogP contribution in [0.4, 0.5) is 0 Å². The van der Waals surface area contributed by atoms with Crippen LogP contribution in [0.2, 0.25) is 5.02 Å². The lowest BCUT2D eigenvalue weighted by molar-refractivity contribution is 0.882. The Kier molecular flexibility index (Phi) is 4.83. The normalized spacial score (nSPS) is 10.5. The fourth-order valence-corrected chi connectivity index (χ4v) is 3.46. The van der Waals surface area contributed by atoms with Gasteiger partial charge in [0.15, 0.2) is 11.5 Å². The summed E-state index contributed by atoms with van der Waals surface area (Å²) in [6.07, 6.45) is 3.43. The van der Waals surface area contributed by atoms with Crippen molar-refractivity contribution in [2.75, 3.05) is 0 Å². The largest absolute Gasteiger partial charge is 0.270 e. The molecule has 0 saturated heterocycles. The van der Waals surface area contributed by atoms with Gasteiger partial charge in [-0.3, -0.25) is 9.55 Å². The van der Waals surface area contributed by atoms with Crippen molar-refractivity contribution in [3.63, 3.8) is 0 Å². The number of pyridine rings is 2. The number of nitriles is 1. The lowest BCUT2D eigenvalue weighted by Gasteiger charge is -2.10. The number of benzene rings is 1. The van der Waals surface area contributed by atoms with E-state index < -0.39 is 0 Å². The molecule has 0 saturated carbocycles. The van der Waals surface area contributed by atoms with Gasteiger partial charge >= 0.3 is 0 Å². The number of nitrogens with zero attached hydrogens (tertiary/aromatic N) is 6. The summed E-state index contributed by atoms with van der Waals surface area (Å²) >= 11 is 7.29. The summed E-state index contributed by atoms with van der Waals surface area (Å²) in [5.74, 6) is 0.695. The van der Waals surface area contributed by atoms with Crippen LogP contribution >= 0.6 is 23.4 Å². The third kappa shape index (κ3) is 3.53. The zero-order chi connectivity index (χ0) is 18.6. The predicted molar refractivity (Wildman–Crippen MR) is 103 cm³/mol. The van der Waals surface area contributed by atoms with Crippen LogP contribution < -0.4 is 0 Å². The summed E-state index contributed by atoms with van der Waals surface area (Å²) < 4.78 is 1.95. The fourth-order valence-electron chi connectivity index (χ4n) is 2.49. The second-order valence-corrected chi connectivity index (χ2v) is 6.80. The Morgan fingerprint density at radius 3 is 2.48 bits per heavy atom. The monoisotopic (exact) mass is 390 g/mol. The molecule has 0 aliphatic heterocycles. The van der Waals surface area contributed by atoms with Gasteiger partial charge in [-0.05, 0) is 48.2 Å². The number of para-hydroxylation sites is 1. The maximum absolute atomic E-state index is 9.15. The van der Waals surface area contributed by atoms with Crippen molar-refractivity contribution in [2.24, 2.45) is 0 Å². The summed E-state index contributed by atoms with van der Waals surface area (Å²) in [6, 6.07) is 19.0. The van der Waals surface area contributed by atoms with Crippen LogP contribution in [-0.4, -0.2) is 24.7 Å². The van der Waals surface area contributed by atoms with E-state index in [0.717, 1.165) is 11.3 Å². The van der Waals surface area contributed by atoms with E-state index in [1.165, 1.54) is 11.8 Å². The molecule has 4 rings (SSSR count). The smallest absolute Gasteiger partial charge is 0.202 e. The average molecular weight is 391 g/mol. The van der Waals surface area contributed by atoms with Crippen molar-refractivity contribution in [3.8, 4) is 23.1 Å². The van der Waals surface area contributed by atoms with Gasteiger partial charge in [-0.1, -0.05) is 29.8 Å². The Hall–Kier alpha value is -3.21. The Morgan fingerprint density at radius 2 is 1.74 bits per heavy atom. The highest BCUT2D eigenvalue weighted by Crippen LogP contribution is 2.32. The first kappa shape index (κ1) is 17.2. The Morgan fingerprint density at radius 1 is 0.963 bits per heavy atom. The van der Waals surface area contributed by atoms with E-state index in [-0.39, 0.29) is 5.69 Å². The summed E-state index contributed by atoms with van der Waals surface area (Å²) in [7, 11) is 0. The van der Waals surface area contributed by atoms with Crippen molar-refractivity contribution in [3.05, 3.63) is 77.7 Å². The predicted octanol–water partition coefficient (Wildman–Crippen LogP) is 4.40. The Bertz CT molecular complexity index is 1120. The molecular weight excluding hydrogens is 380 g/mol. The topological polar surface area (TPSA) is 80.3 Å². The van der Waals surface area contributed by atoms with Crippen LogP contribution in [0.15, 0.2) is 77.2 Å². The zero-order valence-electron chi connectivity index (χ0n) is 13.8. The molecule has 130 valence electrons. The highest BCUT2D eigenvalue weighted by Gasteiger charge is 2.17. The van der Waals surface area contributed by atoms with Crippen LogP contribution in [0.25, 0.3) is 17.1 Å². The first-order valence-corrected chi connectivity index (χ1v) is 9.11. The molecule has 0 atom stereocenters. The van der Waals surface area contributed by atoms with Crippen molar-refractivity contribution in [1.29, 1.82) is 5.26 Å². The molecule has 0 N–H and O–H groups in total. The molecule has 3 aromatic heterocycles. The van der Waals surface area contributed by atoms with Crippen LogP contribution in [0, 0.1) is 11.3 Å². The molecule has 0 unspecified atom stereocenters. The second kappa shape index (κ2) is 7.58. The SMILES string of the molecule is N#Cc1nc(Sc2nnc(-c3ccncc3)n2-c2ccccc2)ccc1Cl. The van der Waals surface area contributed by atoms with Gasteiger partial charge < -0.3 is 0 Å². The third-order valence-corrected chi connectivity index (χ3v) is 4.90. The number of hydrogen-bond donors (Lipinski definition) is 0. The maximum atomic E-state index is 9.15. The Labute approximate surface area is 164 Å². The lowest BCUT2D eigenvalue weighted by atomic mass is 10.2. The average Bonchev–Trinajstić information content (AvgIpc) is 3.14. The number of aromatic nitrogens is 5. The summed E-state index contributed by atoms with van der Waals surface area (Å²) in [4.78, 5) is 8.34. The number of halogens is 1. The van der Waals surface area contributed by atoms with Gasteiger partial charge in [-0.25, -0.2) is 4.98 Å². The first-order chi connectivity index (χ1) is 13.3. The molecule has 0 aliphatic rings. The van der Waals surface area contributed by atoms with Crippen LogP contribution in [-0.2, 0) is 0 Å². The highest BCUT2D eigenvalue weighted by molar-refractivity contribution is 7.99. The van der Waals surface area contributed by atoms with Crippen LogP contribution in [0.5, 0.6) is 0 Å². The van der Waals surface area contributed by atoms with Crippen molar-refractivity contribution in [1.82, 2.24) is 24.7 Å². The zero-order valence-corrected chi connectivity index (χ0v) is 15.4. The van der Waals surface area contributed by atoms with E-state index in [0.29, 0.717) is 21.0 Å². The minimum atomic E-state index is 0.182. The number of hydrogen-bond acceptors (Lipinski definition) is 6. The van der Waals surface area contributed by atoms with Gasteiger partial charge in [0.1, 0.15) is 11.1 Å². The molecule has 8 heteroatoms. The first-order valence-electron chi connectivity index (χ1n) is 7.92. The van der Waals surface area contributed by atoms with Crippen molar-refractivity contribution >= 4 is 23.4 Å². The van der Waals surface area contributed by atoms with Gasteiger partial charge in [0.05, 0.1) is 5.02 Å². The van der Waals surface area contributed by atoms with E-state index >= 15 is 0 Å². The molecule has 0 aliphatic carbocycles. The standard InChI is InChI=1S/C19H11ClN6S/c20-15-6-7-17(23-16(15)12-21)27-19-25-24-18(13-8-10-22-11-9-13)26(19)14-4-2-1-3-5-14/h1-11H. The summed E-state index contributed by atoms with van der Waals surface area (Å²) in [5.41, 5.74) is 2.00. The van der Waals surface area contributed by atoms with Crippen LogP contribution in [0.3, 0.4) is 0 Å². The summed E-state index contributed by atoms with van der Waals surface area (Å²) in [5, 5.41) is 19.4. The molecule has 0 bridgehead atoms. The van der Waals surface area contributed by atoms with Crippen molar-refractivity contribution in [2.45, 2.75) is 10.2 Å². The van der Waals surface area contributed by atoms with Gasteiger partial charge in [0.25, 0.3) is 0 Å². The van der Waals surface area contributed by atoms with Crippen LogP contribution in [0.1, 0.15) is 5.69 Å². The molecule has 0 radical (unpaired) electrons. The van der Waals surface area contributed by atoms with Crippen molar-refractivity contribution < 1.29 is 0 Å². The minimum absolute atomic E-state index is 0.182. The van der Waals surface area contributed by atoms with E-state index in [9.17, 15) is 0 Å². The van der Waals surface area contributed by atoms with E-state index in [1.54, 1.807) is 24.5 Å². The minimum Gasteiger partial charge on any atom is -0.270 e. The molecule has 0 fully saturated rings. The quantitative estimate of drug-likeness (QED) is 0.513. The number of rotatable bonds is 4. The highest BCUT2D eigenvalue weighted by atomic mass is 35.5. The van der Waals surface area contributed by atoms with Gasteiger partial charge in [0.2, 0.25) is 5.16 Å². The third-order valence-electron chi connectivity index (χ3n) is 3.71. The molecule has 6 nitrogen and oxygen atoms in total. The summed E-state index contributed by atoms with van der Waals surface area (Å²) in [6.45, 7) is 0. The van der Waals surface area contributed by atoms with E-state index in [2.05, 4.69) is 20.2 Å². The molecular formula is C19H11ClN6S. The fraction of sp³-hybridized carbons (Fsp3) is 0. The molecule has 3 heterocycles.